The smallest absolute Gasteiger partial charge is 0.197 e. The predicted octanol–water partition coefficient (Wildman–Crippen LogP) is 4.99. The second-order valence-corrected chi connectivity index (χ2v) is 9.24. The van der Waals surface area contributed by atoms with Crippen molar-refractivity contribution in [2.24, 2.45) is 10.8 Å². The van der Waals surface area contributed by atoms with Crippen molar-refractivity contribution < 1.29 is 9.90 Å². The average Bonchev–Trinajstić information content (AvgIpc) is 2.99. The summed E-state index contributed by atoms with van der Waals surface area (Å²) < 4.78 is 0. The molecule has 5 N–H and O–H groups in total. The van der Waals surface area contributed by atoms with Crippen molar-refractivity contribution in [2.75, 3.05) is 6.54 Å². The minimum Gasteiger partial charge on any atom is -0.515 e. The average molecular weight is 513 g/mol. The molecule has 2 atom stereocenters. The van der Waals surface area contributed by atoms with Crippen molar-refractivity contribution in [3.05, 3.63) is 131 Å². The van der Waals surface area contributed by atoms with Crippen LogP contribution in [0.1, 0.15) is 40.9 Å². The summed E-state index contributed by atoms with van der Waals surface area (Å²) in [6.45, 7) is 10.4. The molecule has 1 aliphatic heterocycles. The molecule has 0 fully saturated rings. The van der Waals surface area contributed by atoms with Gasteiger partial charge in [0.05, 0.1) is 30.6 Å². The summed E-state index contributed by atoms with van der Waals surface area (Å²) in [5, 5.41) is 18.3. The molecular weight excluding hydrogens is 479 g/mol. The minimum absolute atomic E-state index is 0.220. The van der Waals surface area contributed by atoms with E-state index in [4.69, 9.17) is 5.73 Å². The lowest BCUT2D eigenvalue weighted by Crippen LogP contribution is -2.26. The Balaban J connectivity index is 1.85. The Morgan fingerprint density at radius 3 is 2.78 bits per heavy atom. The van der Waals surface area contributed by atoms with Gasteiger partial charge in [-0.05, 0) is 46.1 Å². The zero-order valence-electron chi connectivity index (χ0n) is 20.9. The van der Waals surface area contributed by atoms with E-state index in [-0.39, 0.29) is 17.4 Å². The van der Waals surface area contributed by atoms with Gasteiger partial charge in [0, 0.05) is 12.0 Å². The Labute approximate surface area is 221 Å². The molecule has 7 heteroatoms. The molecule has 0 aromatic heterocycles. The van der Waals surface area contributed by atoms with Gasteiger partial charge in [0.1, 0.15) is 5.82 Å². The van der Waals surface area contributed by atoms with Crippen molar-refractivity contribution in [3.8, 4) is 0 Å². The zero-order chi connectivity index (χ0) is 26.8. The van der Waals surface area contributed by atoms with E-state index >= 15 is 0 Å². The summed E-state index contributed by atoms with van der Waals surface area (Å²) in [6.07, 6.45) is 10.8. The maximum atomic E-state index is 13.5. The molecule has 0 saturated carbocycles. The number of ketones is 1. The van der Waals surface area contributed by atoms with Crippen molar-refractivity contribution in [1.82, 2.24) is 10.7 Å². The van der Waals surface area contributed by atoms with Gasteiger partial charge in [-0.2, -0.15) is 5.10 Å². The molecule has 3 rings (SSSR count). The van der Waals surface area contributed by atoms with Gasteiger partial charge >= 0.3 is 0 Å². The van der Waals surface area contributed by atoms with Gasteiger partial charge in [0.2, 0.25) is 0 Å². The quantitative estimate of drug-likeness (QED) is 0.125. The molecule has 0 radical (unpaired) electrons. The van der Waals surface area contributed by atoms with Crippen LogP contribution < -0.4 is 21.8 Å². The lowest BCUT2D eigenvalue weighted by Gasteiger charge is -2.21. The summed E-state index contributed by atoms with van der Waals surface area (Å²) in [7, 11) is 2.60. The summed E-state index contributed by atoms with van der Waals surface area (Å²) >= 11 is 0. The van der Waals surface area contributed by atoms with Crippen LogP contribution in [0.3, 0.4) is 0 Å². The maximum absolute atomic E-state index is 13.5. The van der Waals surface area contributed by atoms with Gasteiger partial charge in [-0.15, -0.1) is 9.24 Å². The molecule has 37 heavy (non-hydrogen) atoms. The molecule has 6 nitrogen and oxygen atoms in total. The van der Waals surface area contributed by atoms with Gasteiger partial charge in [-0.1, -0.05) is 79.9 Å². The van der Waals surface area contributed by atoms with Crippen LogP contribution in [0.15, 0.2) is 120 Å². The third kappa shape index (κ3) is 7.42. The van der Waals surface area contributed by atoms with E-state index in [0.717, 1.165) is 33.8 Å². The number of hydrazone groups is 1. The van der Waals surface area contributed by atoms with Gasteiger partial charge in [0.15, 0.2) is 5.78 Å². The fourth-order valence-corrected chi connectivity index (χ4v) is 4.20. The van der Waals surface area contributed by atoms with E-state index in [9.17, 15) is 9.90 Å². The molecule has 190 valence electrons. The highest BCUT2D eigenvalue weighted by atomic mass is 31.0. The second-order valence-electron chi connectivity index (χ2n) is 8.58. The number of nitrogens with two attached hydrogens (primary N) is 1. The van der Waals surface area contributed by atoms with Crippen molar-refractivity contribution in [1.29, 1.82) is 0 Å². The monoisotopic (exact) mass is 512 g/mol. The van der Waals surface area contributed by atoms with Crippen LogP contribution >= 0.6 is 9.24 Å². The van der Waals surface area contributed by atoms with Crippen LogP contribution in [-0.2, 0) is 0 Å². The standard InChI is InChI=1S/C30H33N4O2P/c1-4-23(16-22-13-12-20(2)18-33-32-15-14-22)30(31)34-21(3)26-10-5-6-11-27(26)29(36)28(19-35)24-8-7-9-25(37)17-24/h4-14,17-19,21,32,34-35H,1-2,15-16,31,37H2,3H3/b13-12?,22-14?,28-19-,30-23-,33-18-. The first-order chi connectivity index (χ1) is 17.8. The Morgan fingerprint density at radius 1 is 1.27 bits per heavy atom. The number of hydrogen-bond donors (Lipinski definition) is 4. The number of nitrogens with one attached hydrogen (secondary N) is 2. The third-order valence-corrected chi connectivity index (χ3v) is 6.25. The van der Waals surface area contributed by atoms with Gasteiger partial charge in [-0.25, -0.2) is 0 Å². The van der Waals surface area contributed by atoms with Crippen molar-refractivity contribution in [3.63, 3.8) is 0 Å². The summed E-state index contributed by atoms with van der Waals surface area (Å²) in [5.41, 5.74) is 14.2. The first-order valence-corrected chi connectivity index (χ1v) is 12.4. The molecule has 0 spiro atoms. The van der Waals surface area contributed by atoms with E-state index in [1.807, 2.05) is 55.5 Å². The molecule has 0 amide bonds. The van der Waals surface area contributed by atoms with Gasteiger partial charge in [0.25, 0.3) is 0 Å². The van der Waals surface area contributed by atoms with Gasteiger partial charge in [-0.3, -0.25) is 4.79 Å². The number of nitrogens with zero attached hydrogens (tertiary/aromatic N) is 1. The Hall–Kier alpha value is -4.15. The molecule has 0 aliphatic carbocycles. The number of benzene rings is 2. The molecule has 1 heterocycles. The van der Waals surface area contributed by atoms with E-state index in [2.05, 4.69) is 38.2 Å². The molecule has 0 bridgehead atoms. The number of Topliss-reactive ketones (excluding diaryl/α,β-unsaturated/α-hetero) is 1. The van der Waals surface area contributed by atoms with E-state index < -0.39 is 0 Å². The molecule has 2 aromatic carbocycles. The Kier molecular flexibility index (Phi) is 9.82. The number of rotatable bonds is 9. The first-order valence-electron chi connectivity index (χ1n) is 11.9. The zero-order valence-corrected chi connectivity index (χ0v) is 22.1. The number of carbonyl (C=O) groups is 1. The highest BCUT2D eigenvalue weighted by Crippen LogP contribution is 2.26. The highest BCUT2D eigenvalue weighted by molar-refractivity contribution is 7.27. The van der Waals surface area contributed by atoms with Crippen LogP contribution in [0, 0.1) is 0 Å². The third-order valence-electron chi connectivity index (χ3n) is 5.89. The van der Waals surface area contributed by atoms with Crippen LogP contribution in [0.5, 0.6) is 0 Å². The van der Waals surface area contributed by atoms with Crippen LogP contribution in [-0.4, -0.2) is 23.6 Å². The van der Waals surface area contributed by atoms with Crippen molar-refractivity contribution >= 4 is 32.1 Å². The van der Waals surface area contributed by atoms with Crippen LogP contribution in [0.4, 0.5) is 0 Å². The number of carbonyl (C=O) groups excluding carboxylic acids is 1. The lowest BCUT2D eigenvalue weighted by molar-refractivity contribution is 0.105. The topological polar surface area (TPSA) is 99.7 Å². The van der Waals surface area contributed by atoms with Gasteiger partial charge < -0.3 is 21.6 Å². The fourth-order valence-electron chi connectivity index (χ4n) is 3.91. The summed E-state index contributed by atoms with van der Waals surface area (Å²) in [6, 6.07) is 14.4. The minimum atomic E-state index is -0.289. The molecular formula is C30H33N4O2P. The van der Waals surface area contributed by atoms with Crippen LogP contribution in [0.25, 0.3) is 5.57 Å². The number of allylic oxidation sites excluding steroid dienone is 7. The molecule has 0 saturated heterocycles. The number of aliphatic hydroxyl groups excluding tert-OH is 1. The normalized spacial score (nSPS) is 16.2. The predicted molar refractivity (Wildman–Crippen MR) is 158 cm³/mol. The van der Waals surface area contributed by atoms with E-state index in [0.29, 0.717) is 29.9 Å². The second kappa shape index (κ2) is 13.2. The van der Waals surface area contributed by atoms with E-state index in [1.54, 1.807) is 30.5 Å². The highest BCUT2D eigenvalue weighted by Gasteiger charge is 2.21. The maximum Gasteiger partial charge on any atom is 0.197 e. The Morgan fingerprint density at radius 2 is 2.05 bits per heavy atom. The molecule has 1 aliphatic rings. The number of aliphatic hydroxyl groups is 1. The molecule has 2 aromatic rings. The fraction of sp³-hybridized carbons (Fsp3) is 0.133. The van der Waals surface area contributed by atoms with E-state index in [1.165, 1.54) is 0 Å². The summed E-state index contributed by atoms with van der Waals surface area (Å²) in [5.74, 6) is 0.195. The first kappa shape index (κ1) is 27.4. The summed E-state index contributed by atoms with van der Waals surface area (Å²) in [4.78, 5) is 13.5. The van der Waals surface area contributed by atoms with Crippen LogP contribution in [0.2, 0.25) is 0 Å². The molecule has 2 unspecified atom stereocenters. The Bertz CT molecular complexity index is 1330. The largest absolute Gasteiger partial charge is 0.515 e. The lowest BCUT2D eigenvalue weighted by atomic mass is 9.92. The number of hydrogen-bond acceptors (Lipinski definition) is 6. The van der Waals surface area contributed by atoms with Crippen molar-refractivity contribution in [2.45, 2.75) is 19.4 Å². The SMILES string of the molecule is C=C/C(CC1=CCN/N=C\C(=C)C=C1)=C(\N)NC(C)c1ccccc1C(=O)/C(=C\O)c1cccc(P)c1.